The zero-order valence-electron chi connectivity index (χ0n) is 17.1. The number of likely N-dealkylation sites (N-methyl/N-ethyl adjacent to an activating group) is 1. The van der Waals surface area contributed by atoms with Gasteiger partial charge in [0.05, 0.1) is 13.2 Å². The molecule has 1 aliphatic rings. The van der Waals surface area contributed by atoms with Crippen molar-refractivity contribution in [2.45, 2.75) is 33.6 Å². The Morgan fingerprint density at radius 1 is 1.30 bits per heavy atom. The van der Waals surface area contributed by atoms with Gasteiger partial charge in [-0.25, -0.2) is 0 Å². The molecule has 1 unspecified atom stereocenters. The van der Waals surface area contributed by atoms with Crippen LogP contribution in [0.4, 0.5) is 5.69 Å². The van der Waals surface area contributed by atoms with Crippen molar-refractivity contribution in [2.75, 3.05) is 57.4 Å². The van der Waals surface area contributed by atoms with Gasteiger partial charge in [-0.2, -0.15) is 0 Å². The Balaban J connectivity index is 1.92. The van der Waals surface area contributed by atoms with Crippen LogP contribution < -0.4 is 15.5 Å². The number of nitrogens with zero attached hydrogens (tertiary/aromatic N) is 2. The zero-order chi connectivity index (χ0) is 19.5. The van der Waals surface area contributed by atoms with Crippen LogP contribution in [-0.2, 0) is 4.74 Å². The molecule has 1 heterocycles. The lowest BCUT2D eigenvalue weighted by Crippen LogP contribution is -2.42. The molecule has 152 valence electrons. The summed E-state index contributed by atoms with van der Waals surface area (Å²) < 4.78 is 5.56. The van der Waals surface area contributed by atoms with Gasteiger partial charge < -0.3 is 25.4 Å². The third kappa shape index (κ3) is 6.40. The molecule has 27 heavy (non-hydrogen) atoms. The van der Waals surface area contributed by atoms with E-state index in [2.05, 4.69) is 60.6 Å². The SMILES string of the molecule is CCNC(=NCC1(CCO)CCOC1)NCCN(CC)c1ccccc1C. The number of rotatable bonds is 10. The van der Waals surface area contributed by atoms with Crippen molar-refractivity contribution in [3.05, 3.63) is 29.8 Å². The Morgan fingerprint density at radius 3 is 2.74 bits per heavy atom. The number of ether oxygens (including phenoxy) is 1. The standard InChI is InChI=1S/C21H36N4O2/c1-4-22-20(24-16-21(10-14-26)11-15-27-17-21)23-12-13-25(5-2)19-9-7-6-8-18(19)3/h6-9,26H,4-5,10-17H2,1-3H3,(H2,22,23,24). The van der Waals surface area contributed by atoms with E-state index < -0.39 is 0 Å². The van der Waals surface area contributed by atoms with Gasteiger partial charge in [0.25, 0.3) is 0 Å². The van der Waals surface area contributed by atoms with Crippen molar-refractivity contribution in [1.82, 2.24) is 10.6 Å². The van der Waals surface area contributed by atoms with E-state index >= 15 is 0 Å². The Hall–Kier alpha value is -1.79. The quantitative estimate of drug-likeness (QED) is 0.431. The molecule has 0 bridgehead atoms. The molecular weight excluding hydrogens is 340 g/mol. The van der Waals surface area contributed by atoms with Gasteiger partial charge in [0.2, 0.25) is 0 Å². The molecule has 2 rings (SSSR count). The van der Waals surface area contributed by atoms with E-state index in [0.29, 0.717) is 13.2 Å². The lowest BCUT2D eigenvalue weighted by Gasteiger charge is -2.26. The van der Waals surface area contributed by atoms with Gasteiger partial charge >= 0.3 is 0 Å². The van der Waals surface area contributed by atoms with Gasteiger partial charge in [0.15, 0.2) is 5.96 Å². The van der Waals surface area contributed by atoms with E-state index in [0.717, 1.165) is 51.6 Å². The normalized spacial score (nSPS) is 19.9. The number of aliphatic imine (C=N–C) groups is 1. The molecule has 1 fully saturated rings. The van der Waals surface area contributed by atoms with E-state index in [4.69, 9.17) is 9.73 Å². The highest BCUT2D eigenvalue weighted by molar-refractivity contribution is 5.79. The first-order chi connectivity index (χ1) is 13.1. The Bertz CT molecular complexity index is 585. The third-order valence-corrected chi connectivity index (χ3v) is 5.26. The van der Waals surface area contributed by atoms with Crippen LogP contribution in [0.1, 0.15) is 32.3 Å². The number of aryl methyl sites for hydroxylation is 1. The van der Waals surface area contributed by atoms with E-state index in [1.54, 1.807) is 0 Å². The predicted molar refractivity (Wildman–Crippen MR) is 113 cm³/mol. The van der Waals surface area contributed by atoms with Crippen LogP contribution in [0.5, 0.6) is 0 Å². The number of aliphatic hydroxyl groups excluding tert-OH is 1. The summed E-state index contributed by atoms with van der Waals surface area (Å²) in [5.74, 6) is 0.836. The fourth-order valence-corrected chi connectivity index (χ4v) is 3.55. The summed E-state index contributed by atoms with van der Waals surface area (Å²) in [6, 6.07) is 8.50. The van der Waals surface area contributed by atoms with Gasteiger partial charge in [-0.15, -0.1) is 0 Å². The molecule has 0 amide bonds. The number of guanidine groups is 1. The largest absolute Gasteiger partial charge is 0.396 e. The molecule has 0 spiro atoms. The van der Waals surface area contributed by atoms with E-state index in [1.807, 2.05) is 0 Å². The average Bonchev–Trinajstić information content (AvgIpc) is 3.13. The predicted octanol–water partition coefficient (Wildman–Crippen LogP) is 2.17. The van der Waals surface area contributed by atoms with E-state index in [1.165, 1.54) is 11.3 Å². The number of aliphatic hydroxyl groups is 1. The number of para-hydroxylation sites is 1. The van der Waals surface area contributed by atoms with Crippen LogP contribution in [0.3, 0.4) is 0 Å². The van der Waals surface area contributed by atoms with Gasteiger partial charge in [-0.05, 0) is 45.2 Å². The number of nitrogens with one attached hydrogen (secondary N) is 2. The van der Waals surface area contributed by atoms with Crippen molar-refractivity contribution in [3.8, 4) is 0 Å². The molecule has 0 saturated carbocycles. The van der Waals surface area contributed by atoms with E-state index in [-0.39, 0.29) is 12.0 Å². The van der Waals surface area contributed by atoms with Gasteiger partial charge in [0, 0.05) is 50.5 Å². The van der Waals surface area contributed by atoms with Gasteiger partial charge in [-0.1, -0.05) is 18.2 Å². The maximum absolute atomic E-state index is 9.38. The second-order valence-electron chi connectivity index (χ2n) is 7.26. The van der Waals surface area contributed by atoms with Gasteiger partial charge in [0.1, 0.15) is 0 Å². The lowest BCUT2D eigenvalue weighted by molar-refractivity contribution is 0.131. The second-order valence-corrected chi connectivity index (χ2v) is 7.26. The van der Waals surface area contributed by atoms with E-state index in [9.17, 15) is 5.11 Å². The molecule has 1 aliphatic heterocycles. The maximum atomic E-state index is 9.38. The van der Waals surface area contributed by atoms with Crippen LogP contribution in [-0.4, -0.2) is 63.6 Å². The monoisotopic (exact) mass is 376 g/mol. The molecular formula is C21H36N4O2. The van der Waals surface area contributed by atoms with Crippen molar-refractivity contribution in [2.24, 2.45) is 10.4 Å². The van der Waals surface area contributed by atoms with Crippen molar-refractivity contribution >= 4 is 11.6 Å². The molecule has 3 N–H and O–H groups in total. The number of hydrogen-bond donors (Lipinski definition) is 3. The third-order valence-electron chi connectivity index (χ3n) is 5.26. The number of hydrogen-bond acceptors (Lipinski definition) is 4. The number of anilines is 1. The molecule has 1 aromatic carbocycles. The molecule has 6 heteroatoms. The molecule has 0 radical (unpaired) electrons. The minimum Gasteiger partial charge on any atom is -0.396 e. The second kappa shape index (κ2) is 11.1. The molecule has 0 aromatic heterocycles. The lowest BCUT2D eigenvalue weighted by atomic mass is 9.84. The molecule has 0 aliphatic carbocycles. The minimum atomic E-state index is -0.0201. The fourth-order valence-electron chi connectivity index (χ4n) is 3.55. The molecule has 6 nitrogen and oxygen atoms in total. The summed E-state index contributed by atoms with van der Waals surface area (Å²) in [5, 5.41) is 16.2. The minimum absolute atomic E-state index is 0.0201. The summed E-state index contributed by atoms with van der Waals surface area (Å²) in [6.07, 6.45) is 1.71. The average molecular weight is 377 g/mol. The van der Waals surface area contributed by atoms with Crippen molar-refractivity contribution < 1.29 is 9.84 Å². The van der Waals surface area contributed by atoms with Gasteiger partial charge in [-0.3, -0.25) is 4.99 Å². The van der Waals surface area contributed by atoms with Crippen LogP contribution in [0.15, 0.2) is 29.3 Å². The summed E-state index contributed by atoms with van der Waals surface area (Å²) in [5.41, 5.74) is 2.56. The summed E-state index contributed by atoms with van der Waals surface area (Å²) in [7, 11) is 0. The summed E-state index contributed by atoms with van der Waals surface area (Å²) in [4.78, 5) is 7.16. The van der Waals surface area contributed by atoms with Crippen LogP contribution in [0.2, 0.25) is 0 Å². The highest BCUT2D eigenvalue weighted by Gasteiger charge is 2.34. The van der Waals surface area contributed by atoms with Crippen LogP contribution >= 0.6 is 0 Å². The molecule has 1 saturated heterocycles. The fraction of sp³-hybridized carbons (Fsp3) is 0.667. The molecule has 1 aromatic rings. The summed E-state index contributed by atoms with van der Waals surface area (Å²) in [6.45, 7) is 12.3. The summed E-state index contributed by atoms with van der Waals surface area (Å²) >= 11 is 0. The smallest absolute Gasteiger partial charge is 0.191 e. The maximum Gasteiger partial charge on any atom is 0.191 e. The van der Waals surface area contributed by atoms with Crippen molar-refractivity contribution in [3.63, 3.8) is 0 Å². The highest BCUT2D eigenvalue weighted by atomic mass is 16.5. The van der Waals surface area contributed by atoms with Crippen molar-refractivity contribution in [1.29, 1.82) is 0 Å². The first-order valence-electron chi connectivity index (χ1n) is 10.2. The topological polar surface area (TPSA) is 69.1 Å². The Kier molecular flexibility index (Phi) is 8.88. The first-order valence-corrected chi connectivity index (χ1v) is 10.2. The zero-order valence-corrected chi connectivity index (χ0v) is 17.1. The van der Waals surface area contributed by atoms with Crippen LogP contribution in [0, 0.1) is 12.3 Å². The number of benzene rings is 1. The van der Waals surface area contributed by atoms with Crippen LogP contribution in [0.25, 0.3) is 0 Å². The Morgan fingerprint density at radius 2 is 2.11 bits per heavy atom. The highest BCUT2D eigenvalue weighted by Crippen LogP contribution is 2.32. The molecule has 1 atom stereocenters. The Labute approximate surface area is 164 Å². The first kappa shape index (κ1) is 21.5.